The Morgan fingerprint density at radius 1 is 1.79 bits per heavy atom. The Morgan fingerprint density at radius 2 is 2.57 bits per heavy atom. The molecule has 0 saturated carbocycles. The number of nitrogens with zero attached hydrogens (tertiary/aromatic N) is 2. The van der Waals surface area contributed by atoms with E-state index in [9.17, 15) is 4.79 Å². The fourth-order valence-electron chi connectivity index (χ4n) is 0.667. The van der Waals surface area contributed by atoms with Gasteiger partial charge in [-0.15, -0.1) is 0 Å². The van der Waals surface area contributed by atoms with Crippen LogP contribution in [0.1, 0.15) is 6.92 Å². The summed E-state index contributed by atoms with van der Waals surface area (Å²) in [6.07, 6.45) is 1.49. The fourth-order valence-corrected chi connectivity index (χ4v) is 2.00. The molecule has 14 heavy (non-hydrogen) atoms. The molecule has 0 N–H and O–H groups in total. The maximum absolute atomic E-state index is 11.1. The molecule has 0 atom stereocenters. The lowest BCUT2D eigenvalue weighted by atomic mass is 10.4. The maximum atomic E-state index is 11.1. The standard InChI is InChI=1S/C8H10N2O2S2/c1-3-12-7(11)6(2)4-13-8-9-5-10-14-8/h5H,2-4H2,1H3. The van der Waals surface area contributed by atoms with Crippen molar-refractivity contribution in [3.05, 3.63) is 18.5 Å². The van der Waals surface area contributed by atoms with Crippen LogP contribution in [0.2, 0.25) is 0 Å². The molecule has 0 aliphatic rings. The minimum atomic E-state index is -0.343. The average molecular weight is 230 g/mol. The highest BCUT2D eigenvalue weighted by Gasteiger charge is 2.08. The van der Waals surface area contributed by atoms with Crippen LogP contribution in [0.3, 0.4) is 0 Å². The third-order valence-corrected chi connectivity index (χ3v) is 3.16. The lowest BCUT2D eigenvalue weighted by molar-refractivity contribution is -0.138. The van der Waals surface area contributed by atoms with E-state index in [1.165, 1.54) is 29.6 Å². The van der Waals surface area contributed by atoms with Gasteiger partial charge in [-0.3, -0.25) is 0 Å². The zero-order chi connectivity index (χ0) is 10.4. The van der Waals surface area contributed by atoms with E-state index in [-0.39, 0.29) is 5.97 Å². The quantitative estimate of drug-likeness (QED) is 0.438. The minimum absolute atomic E-state index is 0.343. The summed E-state index contributed by atoms with van der Waals surface area (Å²) in [5.41, 5.74) is 0.451. The first-order valence-electron chi connectivity index (χ1n) is 3.98. The van der Waals surface area contributed by atoms with Crippen molar-refractivity contribution >= 4 is 29.3 Å². The number of aromatic nitrogens is 2. The number of hydrogen-bond donors (Lipinski definition) is 0. The predicted molar refractivity (Wildman–Crippen MR) is 56.4 cm³/mol. The Hall–Kier alpha value is -0.880. The van der Waals surface area contributed by atoms with Gasteiger partial charge in [0.1, 0.15) is 6.33 Å². The zero-order valence-electron chi connectivity index (χ0n) is 7.73. The molecule has 0 fully saturated rings. The summed E-state index contributed by atoms with van der Waals surface area (Å²) >= 11 is 2.73. The van der Waals surface area contributed by atoms with Crippen molar-refractivity contribution in [2.75, 3.05) is 12.4 Å². The molecule has 1 rings (SSSR count). The number of hydrogen-bond acceptors (Lipinski definition) is 6. The van der Waals surface area contributed by atoms with Crippen LogP contribution < -0.4 is 0 Å². The molecule has 0 spiro atoms. The molecular formula is C8H10N2O2S2. The van der Waals surface area contributed by atoms with Gasteiger partial charge in [0.25, 0.3) is 0 Å². The smallest absolute Gasteiger partial charge is 0.334 e. The van der Waals surface area contributed by atoms with Crippen molar-refractivity contribution in [1.82, 2.24) is 9.36 Å². The van der Waals surface area contributed by atoms with Gasteiger partial charge >= 0.3 is 5.97 Å². The van der Waals surface area contributed by atoms with E-state index in [0.717, 1.165) is 4.34 Å². The second-order valence-corrected chi connectivity index (χ2v) is 4.32. The third-order valence-electron chi connectivity index (χ3n) is 1.28. The van der Waals surface area contributed by atoms with E-state index >= 15 is 0 Å². The molecule has 0 aliphatic carbocycles. The van der Waals surface area contributed by atoms with E-state index in [2.05, 4.69) is 15.9 Å². The molecule has 0 saturated heterocycles. The number of rotatable bonds is 5. The number of thioether (sulfide) groups is 1. The van der Waals surface area contributed by atoms with Gasteiger partial charge in [-0.1, -0.05) is 18.3 Å². The van der Waals surface area contributed by atoms with Gasteiger partial charge < -0.3 is 4.74 Å². The van der Waals surface area contributed by atoms with Gasteiger partial charge in [0.05, 0.1) is 6.61 Å². The number of ether oxygens (including phenoxy) is 1. The van der Waals surface area contributed by atoms with Crippen LogP contribution in [0.5, 0.6) is 0 Å². The van der Waals surface area contributed by atoms with E-state index < -0.39 is 0 Å². The van der Waals surface area contributed by atoms with Gasteiger partial charge in [0, 0.05) is 11.3 Å². The third kappa shape index (κ3) is 3.47. The Bertz CT molecular complexity index is 311. The fraction of sp³-hybridized carbons (Fsp3) is 0.375. The SMILES string of the molecule is C=C(CSc1ncns1)C(=O)OCC. The Balaban J connectivity index is 2.31. The molecule has 1 heterocycles. The summed E-state index contributed by atoms with van der Waals surface area (Å²) in [7, 11) is 0. The molecule has 0 aliphatic heterocycles. The summed E-state index contributed by atoms with van der Waals surface area (Å²) < 4.78 is 9.46. The van der Waals surface area contributed by atoms with Crippen LogP contribution in [-0.2, 0) is 9.53 Å². The van der Waals surface area contributed by atoms with Crippen LogP contribution in [0.25, 0.3) is 0 Å². The highest BCUT2D eigenvalue weighted by atomic mass is 32.2. The normalized spacial score (nSPS) is 9.79. The van der Waals surface area contributed by atoms with Crippen molar-refractivity contribution in [3.8, 4) is 0 Å². The second kappa shape index (κ2) is 5.77. The molecule has 0 radical (unpaired) electrons. The first kappa shape index (κ1) is 11.2. The van der Waals surface area contributed by atoms with Crippen LogP contribution in [0, 0.1) is 0 Å². The van der Waals surface area contributed by atoms with E-state index in [0.29, 0.717) is 17.9 Å². The Kier molecular flexibility index (Phi) is 4.61. The molecule has 1 aromatic rings. The summed E-state index contributed by atoms with van der Waals surface area (Å²) in [6, 6.07) is 0. The molecule has 4 nitrogen and oxygen atoms in total. The lowest BCUT2D eigenvalue weighted by Gasteiger charge is -2.02. The zero-order valence-corrected chi connectivity index (χ0v) is 9.36. The van der Waals surface area contributed by atoms with Gasteiger partial charge in [-0.2, -0.15) is 4.37 Å². The molecule has 0 bridgehead atoms. The highest BCUT2D eigenvalue weighted by molar-refractivity contribution is 8.01. The van der Waals surface area contributed by atoms with Gasteiger partial charge in [0.2, 0.25) is 0 Å². The summed E-state index contributed by atoms with van der Waals surface area (Å²) in [4.78, 5) is 15.1. The van der Waals surface area contributed by atoms with Crippen molar-refractivity contribution in [3.63, 3.8) is 0 Å². The topological polar surface area (TPSA) is 52.1 Å². The summed E-state index contributed by atoms with van der Waals surface area (Å²) in [5.74, 6) is 0.151. The molecule has 6 heteroatoms. The van der Waals surface area contributed by atoms with E-state index in [4.69, 9.17) is 4.74 Å². The van der Waals surface area contributed by atoms with Gasteiger partial charge in [-0.05, 0) is 18.5 Å². The average Bonchev–Trinajstić information content (AvgIpc) is 2.67. The van der Waals surface area contributed by atoms with Crippen LogP contribution in [0.4, 0.5) is 0 Å². The first-order chi connectivity index (χ1) is 6.74. The molecule has 1 aromatic heterocycles. The van der Waals surface area contributed by atoms with Gasteiger partial charge in [0.15, 0.2) is 4.34 Å². The van der Waals surface area contributed by atoms with Gasteiger partial charge in [-0.25, -0.2) is 9.78 Å². The predicted octanol–water partition coefficient (Wildman–Crippen LogP) is 1.75. The summed E-state index contributed by atoms with van der Waals surface area (Å²) in [6.45, 7) is 5.78. The molecule has 0 unspecified atom stereocenters. The van der Waals surface area contributed by atoms with Crippen LogP contribution in [0.15, 0.2) is 22.8 Å². The molecule has 76 valence electrons. The van der Waals surface area contributed by atoms with Crippen molar-refractivity contribution in [2.45, 2.75) is 11.3 Å². The monoisotopic (exact) mass is 230 g/mol. The van der Waals surface area contributed by atoms with Crippen molar-refractivity contribution in [1.29, 1.82) is 0 Å². The Labute approximate surface area is 90.6 Å². The number of carbonyl (C=O) groups excluding carboxylic acids is 1. The number of esters is 1. The number of carbonyl (C=O) groups is 1. The molecular weight excluding hydrogens is 220 g/mol. The highest BCUT2D eigenvalue weighted by Crippen LogP contribution is 2.20. The molecule has 0 aromatic carbocycles. The van der Waals surface area contributed by atoms with Crippen LogP contribution in [-0.4, -0.2) is 27.7 Å². The summed E-state index contributed by atoms with van der Waals surface area (Å²) in [5, 5.41) is 0. The Morgan fingerprint density at radius 3 is 3.14 bits per heavy atom. The minimum Gasteiger partial charge on any atom is -0.463 e. The van der Waals surface area contributed by atoms with Crippen LogP contribution >= 0.6 is 23.3 Å². The maximum Gasteiger partial charge on any atom is 0.334 e. The van der Waals surface area contributed by atoms with E-state index in [1.54, 1.807) is 6.92 Å². The molecule has 0 amide bonds. The van der Waals surface area contributed by atoms with E-state index in [1.807, 2.05) is 0 Å². The van der Waals surface area contributed by atoms with Crippen molar-refractivity contribution < 1.29 is 9.53 Å². The largest absolute Gasteiger partial charge is 0.463 e. The van der Waals surface area contributed by atoms with Crippen molar-refractivity contribution in [2.24, 2.45) is 0 Å². The lowest BCUT2D eigenvalue weighted by Crippen LogP contribution is -2.08. The second-order valence-electron chi connectivity index (χ2n) is 2.32. The first-order valence-corrected chi connectivity index (χ1v) is 5.74.